The van der Waals surface area contributed by atoms with Gasteiger partial charge in [-0.2, -0.15) is 0 Å². The van der Waals surface area contributed by atoms with Crippen molar-refractivity contribution in [1.29, 1.82) is 0 Å². The maximum atomic E-state index is 10.1. The van der Waals surface area contributed by atoms with Crippen LogP contribution in [0.1, 0.15) is 37.4 Å². The van der Waals surface area contributed by atoms with Crippen molar-refractivity contribution in [2.75, 3.05) is 32.7 Å². The van der Waals surface area contributed by atoms with E-state index >= 15 is 0 Å². The molecule has 1 aliphatic rings. The number of hydrogen-bond acceptors (Lipinski definition) is 3. The Bertz CT molecular complexity index is 411. The molecule has 0 bridgehead atoms. The minimum atomic E-state index is 0.296. The van der Waals surface area contributed by atoms with Gasteiger partial charge in [-0.15, -0.1) is 0 Å². The Hall–Kier alpha value is -1.06. The summed E-state index contributed by atoms with van der Waals surface area (Å²) in [5, 5.41) is 10.1. The molecular formula is C16H26N2O. The fourth-order valence-electron chi connectivity index (χ4n) is 2.89. The predicted octanol–water partition coefficient (Wildman–Crippen LogP) is 2.79. The molecule has 3 heteroatoms. The SMILES string of the molecule is CCCN1CCN(C(C)c2ccc(C)cc2O)CC1. The van der Waals surface area contributed by atoms with Crippen molar-refractivity contribution in [2.24, 2.45) is 0 Å². The molecule has 1 heterocycles. The average molecular weight is 262 g/mol. The van der Waals surface area contributed by atoms with Gasteiger partial charge >= 0.3 is 0 Å². The number of phenols is 1. The molecule has 0 radical (unpaired) electrons. The molecule has 0 aromatic heterocycles. The van der Waals surface area contributed by atoms with E-state index < -0.39 is 0 Å². The highest BCUT2D eigenvalue weighted by molar-refractivity contribution is 5.37. The smallest absolute Gasteiger partial charge is 0.120 e. The van der Waals surface area contributed by atoms with Crippen LogP contribution < -0.4 is 0 Å². The molecule has 0 saturated carbocycles. The lowest BCUT2D eigenvalue weighted by molar-refractivity contribution is 0.101. The van der Waals surface area contributed by atoms with Crippen LogP contribution >= 0.6 is 0 Å². The van der Waals surface area contributed by atoms with Crippen LogP contribution in [-0.4, -0.2) is 47.6 Å². The fraction of sp³-hybridized carbons (Fsp3) is 0.625. The summed E-state index contributed by atoms with van der Waals surface area (Å²) in [6, 6.07) is 6.30. The fourth-order valence-corrected chi connectivity index (χ4v) is 2.89. The van der Waals surface area contributed by atoms with Gasteiger partial charge in [0, 0.05) is 37.8 Å². The molecule has 1 atom stereocenters. The molecule has 3 nitrogen and oxygen atoms in total. The van der Waals surface area contributed by atoms with E-state index in [0.29, 0.717) is 11.8 Å². The van der Waals surface area contributed by atoms with Crippen molar-refractivity contribution < 1.29 is 5.11 Å². The predicted molar refractivity (Wildman–Crippen MR) is 79.6 cm³/mol. The van der Waals surface area contributed by atoms with E-state index in [9.17, 15) is 5.11 Å². The van der Waals surface area contributed by atoms with E-state index in [1.54, 1.807) is 0 Å². The monoisotopic (exact) mass is 262 g/mol. The molecular weight excluding hydrogens is 236 g/mol. The molecule has 0 amide bonds. The number of nitrogens with zero attached hydrogens (tertiary/aromatic N) is 2. The van der Waals surface area contributed by atoms with E-state index in [-0.39, 0.29) is 0 Å². The van der Waals surface area contributed by atoms with E-state index in [4.69, 9.17) is 0 Å². The van der Waals surface area contributed by atoms with Gasteiger partial charge in [-0.05, 0) is 38.4 Å². The first-order chi connectivity index (χ1) is 9.11. The highest BCUT2D eigenvalue weighted by atomic mass is 16.3. The normalized spacial score (nSPS) is 19.5. The van der Waals surface area contributed by atoms with Gasteiger partial charge in [-0.1, -0.05) is 19.1 Å². The first-order valence-corrected chi connectivity index (χ1v) is 7.37. The summed E-state index contributed by atoms with van der Waals surface area (Å²) in [5.41, 5.74) is 2.16. The quantitative estimate of drug-likeness (QED) is 0.904. The van der Waals surface area contributed by atoms with Gasteiger partial charge in [0.1, 0.15) is 5.75 Å². The summed E-state index contributed by atoms with van der Waals surface area (Å²) in [6.45, 7) is 12.1. The van der Waals surface area contributed by atoms with Crippen LogP contribution in [0, 0.1) is 6.92 Å². The van der Waals surface area contributed by atoms with Gasteiger partial charge in [0.05, 0.1) is 0 Å². The van der Waals surface area contributed by atoms with Crippen molar-refractivity contribution in [2.45, 2.75) is 33.2 Å². The van der Waals surface area contributed by atoms with Gasteiger partial charge in [0.15, 0.2) is 0 Å². The molecule has 1 saturated heterocycles. The van der Waals surface area contributed by atoms with Crippen LogP contribution in [0.4, 0.5) is 0 Å². The van der Waals surface area contributed by atoms with E-state index in [1.807, 2.05) is 13.0 Å². The number of piperazine rings is 1. The van der Waals surface area contributed by atoms with Gasteiger partial charge < -0.3 is 10.0 Å². The largest absolute Gasteiger partial charge is 0.508 e. The Morgan fingerprint density at radius 1 is 1.21 bits per heavy atom. The number of benzene rings is 1. The Kier molecular flexibility index (Phi) is 4.83. The lowest BCUT2D eigenvalue weighted by Crippen LogP contribution is -2.47. The van der Waals surface area contributed by atoms with Gasteiger partial charge in [-0.25, -0.2) is 0 Å². The van der Waals surface area contributed by atoms with Crippen LogP contribution in [0.25, 0.3) is 0 Å². The molecule has 2 rings (SSSR count). The number of rotatable bonds is 4. The molecule has 19 heavy (non-hydrogen) atoms. The molecule has 106 valence electrons. The van der Waals surface area contributed by atoms with E-state index in [0.717, 1.165) is 37.3 Å². The zero-order chi connectivity index (χ0) is 13.8. The zero-order valence-corrected chi connectivity index (χ0v) is 12.4. The maximum Gasteiger partial charge on any atom is 0.120 e. The summed E-state index contributed by atoms with van der Waals surface area (Å²) in [7, 11) is 0. The Labute approximate surface area is 116 Å². The van der Waals surface area contributed by atoms with Crippen LogP contribution in [0.5, 0.6) is 5.75 Å². The highest BCUT2D eigenvalue weighted by Crippen LogP contribution is 2.29. The second-order valence-corrected chi connectivity index (χ2v) is 5.62. The van der Waals surface area contributed by atoms with Gasteiger partial charge in [0.25, 0.3) is 0 Å². The number of aromatic hydroxyl groups is 1. The van der Waals surface area contributed by atoms with Gasteiger partial charge in [0.2, 0.25) is 0 Å². The molecule has 1 N–H and O–H groups in total. The van der Waals surface area contributed by atoms with Crippen molar-refractivity contribution in [1.82, 2.24) is 9.80 Å². The molecule has 1 aromatic carbocycles. The second-order valence-electron chi connectivity index (χ2n) is 5.62. The number of phenolic OH excluding ortho intramolecular Hbond substituents is 1. The van der Waals surface area contributed by atoms with Gasteiger partial charge in [-0.3, -0.25) is 4.90 Å². The summed E-state index contributed by atoms with van der Waals surface area (Å²) < 4.78 is 0. The highest BCUT2D eigenvalue weighted by Gasteiger charge is 2.23. The molecule has 0 aliphatic carbocycles. The lowest BCUT2D eigenvalue weighted by atomic mass is 10.0. The minimum Gasteiger partial charge on any atom is -0.508 e. The van der Waals surface area contributed by atoms with Crippen LogP contribution in [0.15, 0.2) is 18.2 Å². The Morgan fingerprint density at radius 3 is 2.47 bits per heavy atom. The van der Waals surface area contributed by atoms with Crippen molar-refractivity contribution >= 4 is 0 Å². The molecule has 1 aromatic rings. The molecule has 1 fully saturated rings. The third-order valence-corrected chi connectivity index (χ3v) is 4.13. The number of hydrogen-bond donors (Lipinski definition) is 1. The molecule has 0 spiro atoms. The average Bonchev–Trinajstić information content (AvgIpc) is 2.39. The molecule has 1 unspecified atom stereocenters. The lowest BCUT2D eigenvalue weighted by Gasteiger charge is -2.38. The zero-order valence-electron chi connectivity index (χ0n) is 12.4. The van der Waals surface area contributed by atoms with Crippen molar-refractivity contribution in [3.8, 4) is 5.75 Å². The van der Waals surface area contributed by atoms with Crippen molar-refractivity contribution in [3.05, 3.63) is 29.3 Å². The molecule has 1 aliphatic heterocycles. The topological polar surface area (TPSA) is 26.7 Å². The third kappa shape index (κ3) is 3.48. The number of aryl methyl sites for hydroxylation is 1. The summed E-state index contributed by atoms with van der Waals surface area (Å²) in [6.07, 6.45) is 1.23. The Morgan fingerprint density at radius 2 is 1.89 bits per heavy atom. The minimum absolute atomic E-state index is 0.296. The summed E-state index contributed by atoms with van der Waals surface area (Å²) in [5.74, 6) is 0.434. The second kappa shape index (κ2) is 6.40. The summed E-state index contributed by atoms with van der Waals surface area (Å²) >= 11 is 0. The van der Waals surface area contributed by atoms with Crippen LogP contribution in [0.3, 0.4) is 0 Å². The first kappa shape index (κ1) is 14.4. The van der Waals surface area contributed by atoms with E-state index in [1.165, 1.54) is 13.0 Å². The van der Waals surface area contributed by atoms with Crippen molar-refractivity contribution in [3.63, 3.8) is 0 Å². The van der Waals surface area contributed by atoms with Crippen LogP contribution in [0.2, 0.25) is 0 Å². The maximum absolute atomic E-state index is 10.1. The van der Waals surface area contributed by atoms with Crippen LogP contribution in [-0.2, 0) is 0 Å². The first-order valence-electron chi connectivity index (χ1n) is 7.37. The third-order valence-electron chi connectivity index (χ3n) is 4.13. The van der Waals surface area contributed by atoms with E-state index in [2.05, 4.69) is 35.8 Å². The standard InChI is InChI=1S/C16H26N2O/c1-4-7-17-8-10-18(11-9-17)14(3)15-6-5-13(2)12-16(15)19/h5-6,12,14,19H,4,7-11H2,1-3H3. The summed E-state index contributed by atoms with van der Waals surface area (Å²) in [4.78, 5) is 4.99. The Balaban J connectivity index is 1.99.